The number of sulfone groups is 1. The van der Waals surface area contributed by atoms with Crippen molar-refractivity contribution in [1.29, 1.82) is 0 Å². The molecule has 30 heavy (non-hydrogen) atoms. The van der Waals surface area contributed by atoms with Gasteiger partial charge in [-0.25, -0.2) is 17.6 Å². The molecule has 156 valence electrons. The molecule has 0 fully saturated rings. The molecular formula is C20H15Cl2FN2O4S. The summed E-state index contributed by atoms with van der Waals surface area (Å²) in [6.07, 6.45) is 1.43. The molecule has 2 N–H and O–H groups in total. The number of carboxylic acids is 1. The average Bonchev–Trinajstić information content (AvgIpc) is 3.11. The Morgan fingerprint density at radius 3 is 2.53 bits per heavy atom. The van der Waals surface area contributed by atoms with Crippen LogP contribution in [-0.2, 0) is 16.3 Å². The van der Waals surface area contributed by atoms with Crippen LogP contribution in [0.25, 0.3) is 11.3 Å². The largest absolute Gasteiger partial charge is 0.478 e. The van der Waals surface area contributed by atoms with Gasteiger partial charge in [0.05, 0.1) is 26.6 Å². The summed E-state index contributed by atoms with van der Waals surface area (Å²) in [6, 6.07) is 7.87. The lowest BCUT2D eigenvalue weighted by Crippen LogP contribution is -2.20. The van der Waals surface area contributed by atoms with E-state index >= 15 is 0 Å². The first-order valence-electron chi connectivity index (χ1n) is 9.00. The SMILES string of the molecule is O=C(O)c1ccc(-c2n[nH]c3c2C(S(=O)(=O)c2c(Cl)cccc2Cl)CCC3)c(F)c1. The van der Waals surface area contributed by atoms with Gasteiger partial charge >= 0.3 is 5.97 Å². The van der Waals surface area contributed by atoms with Gasteiger partial charge in [0.25, 0.3) is 0 Å². The van der Waals surface area contributed by atoms with Crippen LogP contribution in [0.2, 0.25) is 10.0 Å². The number of H-pyrrole nitrogens is 1. The molecule has 0 aliphatic heterocycles. The van der Waals surface area contributed by atoms with Crippen LogP contribution in [0.3, 0.4) is 0 Å². The van der Waals surface area contributed by atoms with E-state index in [9.17, 15) is 17.6 Å². The molecule has 0 spiro atoms. The number of aromatic nitrogens is 2. The summed E-state index contributed by atoms with van der Waals surface area (Å²) in [7, 11) is -4.01. The van der Waals surface area contributed by atoms with Gasteiger partial charge in [0.1, 0.15) is 10.7 Å². The van der Waals surface area contributed by atoms with Gasteiger partial charge in [-0.3, -0.25) is 5.10 Å². The molecule has 1 atom stereocenters. The van der Waals surface area contributed by atoms with Gasteiger partial charge in [0.15, 0.2) is 9.84 Å². The number of benzene rings is 2. The first-order valence-corrected chi connectivity index (χ1v) is 11.3. The van der Waals surface area contributed by atoms with E-state index in [2.05, 4.69) is 10.2 Å². The maximum atomic E-state index is 14.7. The Labute approximate surface area is 181 Å². The molecule has 1 aliphatic rings. The van der Waals surface area contributed by atoms with Crippen LogP contribution in [0.1, 0.15) is 39.7 Å². The highest BCUT2D eigenvalue weighted by Crippen LogP contribution is 2.46. The lowest BCUT2D eigenvalue weighted by atomic mass is 9.92. The summed E-state index contributed by atoms with van der Waals surface area (Å²) in [5, 5.41) is 15.0. The molecule has 0 amide bonds. The lowest BCUT2D eigenvalue weighted by molar-refractivity contribution is 0.0696. The van der Waals surface area contributed by atoms with E-state index in [-0.39, 0.29) is 38.2 Å². The van der Waals surface area contributed by atoms with Crippen molar-refractivity contribution >= 4 is 39.0 Å². The Hall–Kier alpha value is -2.42. The van der Waals surface area contributed by atoms with Crippen LogP contribution in [0.15, 0.2) is 41.3 Å². The zero-order chi connectivity index (χ0) is 21.6. The smallest absolute Gasteiger partial charge is 0.335 e. The number of hydrogen-bond acceptors (Lipinski definition) is 4. The maximum Gasteiger partial charge on any atom is 0.335 e. The number of fused-ring (bicyclic) bond motifs is 1. The minimum absolute atomic E-state index is 0.0108. The summed E-state index contributed by atoms with van der Waals surface area (Å²) < 4.78 is 41.7. The first-order chi connectivity index (χ1) is 14.2. The Balaban J connectivity index is 1.89. The van der Waals surface area contributed by atoms with E-state index in [0.717, 1.165) is 6.07 Å². The minimum Gasteiger partial charge on any atom is -0.478 e. The van der Waals surface area contributed by atoms with Crippen LogP contribution in [0.5, 0.6) is 0 Å². The molecule has 0 bridgehead atoms. The van der Waals surface area contributed by atoms with Crippen LogP contribution in [0.4, 0.5) is 4.39 Å². The summed E-state index contributed by atoms with van der Waals surface area (Å²) in [4.78, 5) is 10.9. The predicted molar refractivity (Wildman–Crippen MR) is 110 cm³/mol. The predicted octanol–water partition coefficient (Wildman–Crippen LogP) is 5.07. The second-order valence-corrected chi connectivity index (χ2v) is 9.82. The minimum atomic E-state index is -4.01. The second kappa shape index (κ2) is 7.68. The topological polar surface area (TPSA) is 100 Å². The standard InChI is InChI=1S/C20H15Cl2FN2O4S/c21-12-3-1-4-13(22)19(12)30(28,29)16-6-2-5-15-17(16)18(25-24-15)11-8-7-10(20(26)27)9-14(11)23/h1,3-4,7-9,16H,2,5-6H2,(H,24,25)(H,26,27). The van der Waals surface area contributed by atoms with Crippen molar-refractivity contribution in [2.45, 2.75) is 29.4 Å². The van der Waals surface area contributed by atoms with Gasteiger partial charge < -0.3 is 5.11 Å². The van der Waals surface area contributed by atoms with Crippen molar-refractivity contribution in [3.63, 3.8) is 0 Å². The zero-order valence-electron chi connectivity index (χ0n) is 15.3. The quantitative estimate of drug-likeness (QED) is 0.556. The van der Waals surface area contributed by atoms with Gasteiger partial charge in [-0.15, -0.1) is 0 Å². The number of aromatic carboxylic acids is 1. The van der Waals surface area contributed by atoms with Crippen molar-refractivity contribution in [2.75, 3.05) is 0 Å². The molecular weight excluding hydrogens is 454 g/mol. The van der Waals surface area contributed by atoms with Crippen LogP contribution < -0.4 is 0 Å². The molecule has 1 aromatic heterocycles. The number of nitrogens with one attached hydrogen (secondary N) is 1. The van der Waals surface area contributed by atoms with Crippen molar-refractivity contribution in [3.8, 4) is 11.3 Å². The molecule has 0 saturated heterocycles. The van der Waals surface area contributed by atoms with E-state index in [1.807, 2.05) is 0 Å². The molecule has 2 aromatic carbocycles. The van der Waals surface area contributed by atoms with Crippen molar-refractivity contribution in [2.24, 2.45) is 0 Å². The second-order valence-electron chi connectivity index (χ2n) is 6.94. The highest BCUT2D eigenvalue weighted by molar-refractivity contribution is 7.92. The number of rotatable bonds is 4. The van der Waals surface area contributed by atoms with Crippen molar-refractivity contribution < 1.29 is 22.7 Å². The number of aromatic amines is 1. The van der Waals surface area contributed by atoms with Crippen molar-refractivity contribution in [3.05, 3.63) is 69.1 Å². The van der Waals surface area contributed by atoms with E-state index in [0.29, 0.717) is 24.1 Å². The fourth-order valence-electron chi connectivity index (χ4n) is 3.79. The summed E-state index contributed by atoms with van der Waals surface area (Å²) in [5.74, 6) is -2.07. The first kappa shape index (κ1) is 20.8. The van der Waals surface area contributed by atoms with Gasteiger partial charge in [-0.05, 0) is 49.6 Å². The fourth-order valence-corrected chi connectivity index (χ4v) is 6.83. The number of nitrogens with zero attached hydrogens (tertiary/aromatic N) is 1. The maximum absolute atomic E-state index is 14.7. The molecule has 1 heterocycles. The Bertz CT molecular complexity index is 1250. The third-order valence-electron chi connectivity index (χ3n) is 5.15. The summed E-state index contributed by atoms with van der Waals surface area (Å²) >= 11 is 12.3. The van der Waals surface area contributed by atoms with Gasteiger partial charge in [-0.1, -0.05) is 29.3 Å². The van der Waals surface area contributed by atoms with Crippen LogP contribution >= 0.6 is 23.2 Å². The third-order valence-corrected chi connectivity index (χ3v) is 8.23. The Morgan fingerprint density at radius 2 is 1.90 bits per heavy atom. The van der Waals surface area contributed by atoms with Gasteiger partial charge in [0.2, 0.25) is 0 Å². The monoisotopic (exact) mass is 468 g/mol. The molecule has 10 heteroatoms. The molecule has 3 aromatic rings. The molecule has 1 unspecified atom stereocenters. The van der Waals surface area contributed by atoms with Crippen LogP contribution in [-0.4, -0.2) is 29.7 Å². The number of carboxylic acid groups (broad SMARTS) is 1. The average molecular weight is 469 g/mol. The number of halogens is 3. The highest BCUT2D eigenvalue weighted by Gasteiger charge is 2.39. The van der Waals surface area contributed by atoms with E-state index in [1.54, 1.807) is 6.07 Å². The van der Waals surface area contributed by atoms with Gasteiger partial charge in [-0.2, -0.15) is 5.10 Å². The fraction of sp³-hybridized carbons (Fsp3) is 0.200. The molecule has 4 rings (SSSR count). The summed E-state index contributed by atoms with van der Waals surface area (Å²) in [6.45, 7) is 0. The summed E-state index contributed by atoms with van der Waals surface area (Å²) in [5.41, 5.74) is 0.891. The molecule has 1 aliphatic carbocycles. The van der Waals surface area contributed by atoms with Crippen LogP contribution in [0, 0.1) is 5.82 Å². The van der Waals surface area contributed by atoms with E-state index < -0.39 is 26.9 Å². The third kappa shape index (κ3) is 3.38. The normalized spacial score (nSPS) is 16.3. The molecule has 0 radical (unpaired) electrons. The number of hydrogen-bond donors (Lipinski definition) is 2. The van der Waals surface area contributed by atoms with E-state index in [4.69, 9.17) is 28.3 Å². The van der Waals surface area contributed by atoms with E-state index in [1.165, 1.54) is 24.3 Å². The van der Waals surface area contributed by atoms with Crippen molar-refractivity contribution in [1.82, 2.24) is 10.2 Å². The lowest BCUT2D eigenvalue weighted by Gasteiger charge is -2.24. The Morgan fingerprint density at radius 1 is 1.20 bits per heavy atom. The Kier molecular flexibility index (Phi) is 5.34. The number of carbonyl (C=O) groups is 1. The highest BCUT2D eigenvalue weighted by atomic mass is 35.5. The van der Waals surface area contributed by atoms with Gasteiger partial charge in [0, 0.05) is 16.8 Å². The zero-order valence-corrected chi connectivity index (χ0v) is 17.7. The number of aryl methyl sites for hydroxylation is 1. The molecule has 0 saturated carbocycles. The molecule has 6 nitrogen and oxygen atoms in total.